The molecule has 1 rings (SSSR count). The SMILES string of the molecule is CCCNCc1cc(C(C)C)nc(N(CC)CCOC)c1. The highest BCUT2D eigenvalue weighted by atomic mass is 16.5. The number of pyridine rings is 1. The first-order valence-electron chi connectivity index (χ1n) is 8.07. The van der Waals surface area contributed by atoms with Gasteiger partial charge >= 0.3 is 0 Å². The zero-order chi connectivity index (χ0) is 15.7. The largest absolute Gasteiger partial charge is 0.383 e. The van der Waals surface area contributed by atoms with E-state index in [-0.39, 0.29) is 0 Å². The normalized spacial score (nSPS) is 11.1. The lowest BCUT2D eigenvalue weighted by Crippen LogP contribution is -2.28. The minimum atomic E-state index is 0.441. The summed E-state index contributed by atoms with van der Waals surface area (Å²) in [6.07, 6.45) is 1.16. The maximum Gasteiger partial charge on any atom is 0.129 e. The highest BCUT2D eigenvalue weighted by Crippen LogP contribution is 2.20. The molecule has 0 bridgehead atoms. The van der Waals surface area contributed by atoms with E-state index in [1.165, 1.54) is 5.56 Å². The first kappa shape index (κ1) is 17.9. The highest BCUT2D eigenvalue weighted by Gasteiger charge is 2.11. The van der Waals surface area contributed by atoms with Crippen LogP contribution in [0, 0.1) is 0 Å². The molecular formula is C17H31N3O. The number of methoxy groups -OCH3 is 1. The fraction of sp³-hybridized carbons (Fsp3) is 0.706. The average Bonchev–Trinajstić information content (AvgIpc) is 2.48. The van der Waals surface area contributed by atoms with E-state index in [2.05, 4.69) is 50.0 Å². The Kier molecular flexibility index (Phi) is 8.31. The number of aromatic nitrogens is 1. The Hall–Kier alpha value is -1.13. The quantitative estimate of drug-likeness (QED) is 0.672. The molecule has 120 valence electrons. The van der Waals surface area contributed by atoms with Gasteiger partial charge in [0.25, 0.3) is 0 Å². The molecule has 0 saturated heterocycles. The zero-order valence-electron chi connectivity index (χ0n) is 14.3. The van der Waals surface area contributed by atoms with Gasteiger partial charge in [-0.05, 0) is 43.5 Å². The molecular weight excluding hydrogens is 262 g/mol. The third-order valence-electron chi connectivity index (χ3n) is 3.51. The van der Waals surface area contributed by atoms with E-state index >= 15 is 0 Å². The van der Waals surface area contributed by atoms with E-state index in [1.807, 2.05) is 0 Å². The molecule has 0 aliphatic rings. The minimum absolute atomic E-state index is 0.441. The molecule has 0 aliphatic heterocycles. The lowest BCUT2D eigenvalue weighted by molar-refractivity contribution is 0.205. The fourth-order valence-corrected chi connectivity index (χ4v) is 2.20. The second kappa shape index (κ2) is 9.74. The number of anilines is 1. The van der Waals surface area contributed by atoms with Crippen LogP contribution in [-0.2, 0) is 11.3 Å². The monoisotopic (exact) mass is 293 g/mol. The van der Waals surface area contributed by atoms with Crippen molar-refractivity contribution in [1.82, 2.24) is 10.3 Å². The van der Waals surface area contributed by atoms with Crippen molar-refractivity contribution in [2.45, 2.75) is 46.6 Å². The summed E-state index contributed by atoms with van der Waals surface area (Å²) in [5, 5.41) is 3.47. The fourth-order valence-electron chi connectivity index (χ4n) is 2.20. The molecule has 0 fully saturated rings. The van der Waals surface area contributed by atoms with E-state index in [0.717, 1.165) is 50.7 Å². The van der Waals surface area contributed by atoms with Crippen molar-refractivity contribution in [3.05, 3.63) is 23.4 Å². The van der Waals surface area contributed by atoms with Crippen molar-refractivity contribution >= 4 is 5.82 Å². The van der Waals surface area contributed by atoms with Crippen molar-refractivity contribution in [3.8, 4) is 0 Å². The molecule has 0 atom stereocenters. The summed E-state index contributed by atoms with van der Waals surface area (Å²) in [4.78, 5) is 7.10. The first-order chi connectivity index (χ1) is 10.1. The predicted octanol–water partition coefficient (Wildman–Crippen LogP) is 3.18. The molecule has 4 heteroatoms. The van der Waals surface area contributed by atoms with Gasteiger partial charge in [-0.2, -0.15) is 0 Å². The van der Waals surface area contributed by atoms with Crippen molar-refractivity contribution in [2.24, 2.45) is 0 Å². The van der Waals surface area contributed by atoms with Crippen LogP contribution in [0.25, 0.3) is 0 Å². The average molecular weight is 293 g/mol. The van der Waals surface area contributed by atoms with Gasteiger partial charge in [-0.25, -0.2) is 4.98 Å². The number of likely N-dealkylation sites (N-methyl/N-ethyl adjacent to an activating group) is 1. The van der Waals surface area contributed by atoms with E-state index in [4.69, 9.17) is 9.72 Å². The lowest BCUT2D eigenvalue weighted by Gasteiger charge is -2.23. The molecule has 0 saturated carbocycles. The van der Waals surface area contributed by atoms with Crippen LogP contribution in [-0.4, -0.2) is 38.3 Å². The predicted molar refractivity (Wildman–Crippen MR) is 90.1 cm³/mol. The number of hydrogen-bond acceptors (Lipinski definition) is 4. The summed E-state index contributed by atoms with van der Waals surface area (Å²) in [6.45, 7) is 13.2. The van der Waals surface area contributed by atoms with Gasteiger partial charge in [-0.1, -0.05) is 20.8 Å². The Morgan fingerprint density at radius 2 is 2.05 bits per heavy atom. The van der Waals surface area contributed by atoms with Crippen LogP contribution in [0.2, 0.25) is 0 Å². The maximum atomic E-state index is 5.20. The zero-order valence-corrected chi connectivity index (χ0v) is 14.3. The highest BCUT2D eigenvalue weighted by molar-refractivity contribution is 5.43. The number of ether oxygens (including phenoxy) is 1. The minimum Gasteiger partial charge on any atom is -0.383 e. The van der Waals surface area contributed by atoms with Gasteiger partial charge in [0.2, 0.25) is 0 Å². The number of nitrogens with zero attached hydrogens (tertiary/aromatic N) is 2. The lowest BCUT2D eigenvalue weighted by atomic mass is 10.1. The standard InChI is InChI=1S/C17H31N3O/c1-6-8-18-13-15-11-16(14(3)4)19-17(12-15)20(7-2)9-10-21-5/h11-12,14,18H,6-10,13H2,1-5H3. The van der Waals surface area contributed by atoms with E-state index < -0.39 is 0 Å². The van der Waals surface area contributed by atoms with Gasteiger partial charge in [0, 0.05) is 32.4 Å². The van der Waals surface area contributed by atoms with Gasteiger partial charge in [-0.15, -0.1) is 0 Å². The summed E-state index contributed by atoms with van der Waals surface area (Å²) in [6, 6.07) is 4.43. The van der Waals surface area contributed by atoms with Gasteiger partial charge < -0.3 is 15.0 Å². The van der Waals surface area contributed by atoms with Crippen molar-refractivity contribution in [2.75, 3.05) is 38.3 Å². The summed E-state index contributed by atoms with van der Waals surface area (Å²) in [7, 11) is 1.74. The first-order valence-corrected chi connectivity index (χ1v) is 8.07. The van der Waals surface area contributed by atoms with E-state index in [0.29, 0.717) is 5.92 Å². The molecule has 1 N–H and O–H groups in total. The topological polar surface area (TPSA) is 37.4 Å². The molecule has 1 aromatic rings. The molecule has 0 radical (unpaired) electrons. The van der Waals surface area contributed by atoms with Crippen LogP contribution in [0.4, 0.5) is 5.82 Å². The molecule has 0 aliphatic carbocycles. The van der Waals surface area contributed by atoms with E-state index in [9.17, 15) is 0 Å². The smallest absolute Gasteiger partial charge is 0.129 e. The molecule has 0 unspecified atom stereocenters. The van der Waals surface area contributed by atoms with Crippen molar-refractivity contribution in [3.63, 3.8) is 0 Å². The summed E-state index contributed by atoms with van der Waals surface area (Å²) >= 11 is 0. The molecule has 0 amide bonds. The molecule has 4 nitrogen and oxygen atoms in total. The Morgan fingerprint density at radius 1 is 1.29 bits per heavy atom. The molecule has 0 spiro atoms. The second-order valence-electron chi connectivity index (χ2n) is 5.66. The number of hydrogen-bond donors (Lipinski definition) is 1. The van der Waals surface area contributed by atoms with Crippen LogP contribution in [0.1, 0.15) is 51.3 Å². The Balaban J connectivity index is 2.94. The maximum absolute atomic E-state index is 5.20. The second-order valence-corrected chi connectivity index (χ2v) is 5.66. The number of nitrogens with one attached hydrogen (secondary N) is 1. The Labute approximate surface area is 129 Å². The summed E-state index contributed by atoms with van der Waals surface area (Å²) in [5.74, 6) is 1.50. The Morgan fingerprint density at radius 3 is 2.62 bits per heavy atom. The third-order valence-corrected chi connectivity index (χ3v) is 3.51. The summed E-state index contributed by atoms with van der Waals surface area (Å²) in [5.41, 5.74) is 2.48. The number of rotatable bonds is 10. The van der Waals surface area contributed by atoms with Crippen LogP contribution >= 0.6 is 0 Å². The van der Waals surface area contributed by atoms with Gasteiger partial charge in [0.1, 0.15) is 5.82 Å². The molecule has 21 heavy (non-hydrogen) atoms. The van der Waals surface area contributed by atoms with Crippen LogP contribution < -0.4 is 10.2 Å². The molecule has 1 heterocycles. The van der Waals surface area contributed by atoms with Gasteiger partial charge in [0.15, 0.2) is 0 Å². The van der Waals surface area contributed by atoms with Crippen LogP contribution in [0.3, 0.4) is 0 Å². The van der Waals surface area contributed by atoms with Gasteiger partial charge in [-0.3, -0.25) is 0 Å². The Bertz CT molecular complexity index is 407. The van der Waals surface area contributed by atoms with Crippen LogP contribution in [0.5, 0.6) is 0 Å². The van der Waals surface area contributed by atoms with Crippen molar-refractivity contribution in [1.29, 1.82) is 0 Å². The van der Waals surface area contributed by atoms with Crippen molar-refractivity contribution < 1.29 is 4.74 Å². The molecule has 1 aromatic heterocycles. The third kappa shape index (κ3) is 6.02. The summed E-state index contributed by atoms with van der Waals surface area (Å²) < 4.78 is 5.20. The van der Waals surface area contributed by atoms with Gasteiger partial charge in [0.05, 0.1) is 6.61 Å². The van der Waals surface area contributed by atoms with Crippen LogP contribution in [0.15, 0.2) is 12.1 Å². The van der Waals surface area contributed by atoms with E-state index in [1.54, 1.807) is 7.11 Å². The molecule has 0 aromatic carbocycles.